The Morgan fingerprint density at radius 3 is 2.81 bits per heavy atom. The monoisotopic (exact) mass is 279 g/mol. The summed E-state index contributed by atoms with van der Waals surface area (Å²) in [6.45, 7) is 0.832. The molecule has 0 radical (unpaired) electrons. The van der Waals surface area contributed by atoms with Gasteiger partial charge in [0, 0.05) is 12.5 Å². The van der Waals surface area contributed by atoms with E-state index in [-0.39, 0.29) is 0 Å². The Kier molecular flexibility index (Phi) is 3.19. The molecule has 1 aliphatic carbocycles. The fourth-order valence-electron chi connectivity index (χ4n) is 3.69. The van der Waals surface area contributed by atoms with E-state index in [4.69, 9.17) is 4.74 Å². The molecule has 0 bridgehead atoms. The van der Waals surface area contributed by atoms with Crippen LogP contribution in [0.3, 0.4) is 0 Å². The lowest BCUT2D eigenvalue weighted by Crippen LogP contribution is -2.19. The Morgan fingerprint density at radius 1 is 1.14 bits per heavy atom. The number of fused-ring (bicyclic) bond motifs is 1. The summed E-state index contributed by atoms with van der Waals surface area (Å²) in [5.41, 5.74) is 4.25. The van der Waals surface area contributed by atoms with Crippen LogP contribution in [0.4, 0.5) is 0 Å². The van der Waals surface area contributed by atoms with E-state index in [2.05, 4.69) is 60.9 Å². The van der Waals surface area contributed by atoms with Crippen molar-refractivity contribution < 1.29 is 4.74 Å². The molecule has 1 saturated carbocycles. The van der Waals surface area contributed by atoms with Gasteiger partial charge in [-0.05, 0) is 48.1 Å². The predicted octanol–water partition coefficient (Wildman–Crippen LogP) is 3.69. The van der Waals surface area contributed by atoms with Crippen molar-refractivity contribution in [3.63, 3.8) is 0 Å². The van der Waals surface area contributed by atoms with Crippen LogP contribution >= 0.6 is 0 Å². The summed E-state index contributed by atoms with van der Waals surface area (Å²) in [6, 6.07) is 18.1. The molecule has 4 rings (SSSR count). The van der Waals surface area contributed by atoms with Crippen LogP contribution in [-0.4, -0.2) is 13.7 Å². The average molecular weight is 279 g/mol. The zero-order chi connectivity index (χ0) is 14.2. The number of hydrogen-bond acceptors (Lipinski definition) is 2. The van der Waals surface area contributed by atoms with E-state index in [1.807, 2.05) is 0 Å². The fourth-order valence-corrected chi connectivity index (χ4v) is 3.69. The van der Waals surface area contributed by atoms with Crippen LogP contribution in [-0.2, 0) is 6.42 Å². The van der Waals surface area contributed by atoms with Gasteiger partial charge in [-0.15, -0.1) is 0 Å². The minimum atomic E-state index is 0.445. The van der Waals surface area contributed by atoms with Crippen molar-refractivity contribution in [1.82, 2.24) is 5.32 Å². The molecule has 0 spiro atoms. The van der Waals surface area contributed by atoms with Gasteiger partial charge in [0.2, 0.25) is 0 Å². The smallest absolute Gasteiger partial charge is 0.122 e. The molecule has 2 aromatic rings. The number of nitrogens with one attached hydrogen (secondary N) is 1. The van der Waals surface area contributed by atoms with E-state index in [9.17, 15) is 0 Å². The Bertz CT molecular complexity index is 637. The van der Waals surface area contributed by atoms with Crippen molar-refractivity contribution in [3.05, 3.63) is 65.2 Å². The van der Waals surface area contributed by atoms with Crippen molar-refractivity contribution in [1.29, 1.82) is 0 Å². The maximum absolute atomic E-state index is 5.61. The first-order valence-corrected chi connectivity index (χ1v) is 7.84. The van der Waals surface area contributed by atoms with E-state index in [0.717, 1.165) is 18.8 Å². The second-order valence-corrected chi connectivity index (χ2v) is 6.15. The van der Waals surface area contributed by atoms with Crippen LogP contribution in [0.1, 0.15) is 35.1 Å². The van der Waals surface area contributed by atoms with E-state index in [1.165, 1.54) is 23.1 Å². The third kappa shape index (κ3) is 2.34. The van der Waals surface area contributed by atoms with Gasteiger partial charge in [-0.1, -0.05) is 42.5 Å². The van der Waals surface area contributed by atoms with Crippen LogP contribution in [0.15, 0.2) is 48.5 Å². The molecule has 2 aromatic carbocycles. The highest BCUT2D eigenvalue weighted by Gasteiger charge is 2.43. The molecule has 0 aromatic heterocycles. The number of benzene rings is 2. The number of hydrogen-bond donors (Lipinski definition) is 1. The lowest BCUT2D eigenvalue weighted by Gasteiger charge is -2.18. The Hall–Kier alpha value is -1.80. The molecule has 3 atom stereocenters. The Balaban J connectivity index is 1.56. The molecule has 0 amide bonds. The quantitative estimate of drug-likeness (QED) is 0.921. The second-order valence-electron chi connectivity index (χ2n) is 6.15. The lowest BCUT2D eigenvalue weighted by molar-refractivity contribution is 0.356. The van der Waals surface area contributed by atoms with E-state index < -0.39 is 0 Å². The molecule has 21 heavy (non-hydrogen) atoms. The SMILES string of the molecule is CNC(c1ccc2c(c1)CCO2)C1CC1c1ccccc1. The van der Waals surface area contributed by atoms with Gasteiger partial charge in [-0.2, -0.15) is 0 Å². The summed E-state index contributed by atoms with van der Waals surface area (Å²) >= 11 is 0. The minimum absolute atomic E-state index is 0.445. The molecule has 1 aliphatic heterocycles. The van der Waals surface area contributed by atoms with Gasteiger partial charge < -0.3 is 10.1 Å². The van der Waals surface area contributed by atoms with Crippen LogP contribution < -0.4 is 10.1 Å². The molecule has 1 heterocycles. The summed E-state index contributed by atoms with van der Waals surface area (Å²) in [7, 11) is 2.08. The molecule has 2 aliphatic rings. The summed E-state index contributed by atoms with van der Waals surface area (Å²) in [5.74, 6) is 2.48. The van der Waals surface area contributed by atoms with Gasteiger partial charge in [-0.3, -0.25) is 0 Å². The van der Waals surface area contributed by atoms with Gasteiger partial charge in [0.05, 0.1) is 6.61 Å². The third-order valence-corrected chi connectivity index (χ3v) is 4.88. The van der Waals surface area contributed by atoms with Crippen LogP contribution in [0, 0.1) is 5.92 Å². The normalized spacial score (nSPS) is 24.2. The van der Waals surface area contributed by atoms with Crippen molar-refractivity contribution in [2.75, 3.05) is 13.7 Å². The maximum Gasteiger partial charge on any atom is 0.122 e. The number of rotatable bonds is 4. The zero-order valence-electron chi connectivity index (χ0n) is 12.4. The standard InChI is InChI=1S/C19H21NO/c1-20-19(15-7-8-18-14(11-15)9-10-21-18)17-12-16(17)13-5-3-2-4-6-13/h2-8,11,16-17,19-20H,9-10,12H2,1H3. The Morgan fingerprint density at radius 2 is 2.00 bits per heavy atom. The van der Waals surface area contributed by atoms with Gasteiger partial charge in [0.25, 0.3) is 0 Å². The predicted molar refractivity (Wildman–Crippen MR) is 84.7 cm³/mol. The average Bonchev–Trinajstić information content (AvgIpc) is 3.17. The van der Waals surface area contributed by atoms with Crippen molar-refractivity contribution in [3.8, 4) is 5.75 Å². The molecule has 0 saturated heterocycles. The van der Waals surface area contributed by atoms with Gasteiger partial charge in [0.15, 0.2) is 0 Å². The third-order valence-electron chi connectivity index (χ3n) is 4.88. The van der Waals surface area contributed by atoms with Gasteiger partial charge in [0.1, 0.15) is 5.75 Å². The topological polar surface area (TPSA) is 21.3 Å². The molecular weight excluding hydrogens is 258 g/mol. The van der Waals surface area contributed by atoms with E-state index in [1.54, 1.807) is 0 Å². The maximum atomic E-state index is 5.61. The molecule has 108 valence electrons. The van der Waals surface area contributed by atoms with Crippen LogP contribution in [0.25, 0.3) is 0 Å². The van der Waals surface area contributed by atoms with Crippen molar-refractivity contribution in [2.24, 2.45) is 5.92 Å². The highest BCUT2D eigenvalue weighted by atomic mass is 16.5. The first-order chi connectivity index (χ1) is 10.4. The molecule has 2 nitrogen and oxygen atoms in total. The van der Waals surface area contributed by atoms with Gasteiger partial charge in [-0.25, -0.2) is 0 Å². The first kappa shape index (κ1) is 12.9. The van der Waals surface area contributed by atoms with Gasteiger partial charge >= 0.3 is 0 Å². The second kappa shape index (κ2) is 5.19. The first-order valence-electron chi connectivity index (χ1n) is 7.84. The molecule has 1 N–H and O–H groups in total. The van der Waals surface area contributed by atoms with Crippen LogP contribution in [0.2, 0.25) is 0 Å². The van der Waals surface area contributed by atoms with E-state index >= 15 is 0 Å². The van der Waals surface area contributed by atoms with Crippen molar-refractivity contribution >= 4 is 0 Å². The molecule has 3 unspecified atom stereocenters. The lowest BCUT2D eigenvalue weighted by atomic mass is 9.96. The largest absolute Gasteiger partial charge is 0.493 e. The molecular formula is C19H21NO. The summed E-state index contributed by atoms with van der Waals surface area (Å²) < 4.78 is 5.61. The molecule has 2 heteroatoms. The Labute approximate surface area is 126 Å². The minimum Gasteiger partial charge on any atom is -0.493 e. The van der Waals surface area contributed by atoms with Crippen LogP contribution in [0.5, 0.6) is 5.75 Å². The fraction of sp³-hybridized carbons (Fsp3) is 0.368. The zero-order valence-corrected chi connectivity index (χ0v) is 12.4. The summed E-state index contributed by atoms with van der Waals surface area (Å²) in [4.78, 5) is 0. The van der Waals surface area contributed by atoms with Crippen molar-refractivity contribution in [2.45, 2.75) is 24.8 Å². The van der Waals surface area contributed by atoms with E-state index in [0.29, 0.717) is 17.9 Å². The number of ether oxygens (including phenoxy) is 1. The summed E-state index contributed by atoms with van der Waals surface area (Å²) in [6.07, 6.45) is 2.33. The molecule has 1 fully saturated rings. The highest BCUT2D eigenvalue weighted by molar-refractivity contribution is 5.42. The highest BCUT2D eigenvalue weighted by Crippen LogP contribution is 2.54. The summed E-state index contributed by atoms with van der Waals surface area (Å²) in [5, 5.41) is 3.53.